The molecule has 0 aliphatic carbocycles. The molecule has 1 aliphatic heterocycles. The molecule has 0 spiro atoms. The highest BCUT2D eigenvalue weighted by Gasteiger charge is 2.13. The largest absolute Gasteiger partial charge is 0.324 e. The lowest BCUT2D eigenvalue weighted by Crippen LogP contribution is -2.24. The van der Waals surface area contributed by atoms with E-state index >= 15 is 0 Å². The lowest BCUT2D eigenvalue weighted by molar-refractivity contribution is 0.645. The van der Waals surface area contributed by atoms with Crippen molar-refractivity contribution in [3.8, 4) is 0 Å². The maximum absolute atomic E-state index is 4.58. The minimum absolute atomic E-state index is 0.653. The average Bonchev–Trinajstić information content (AvgIpc) is 2.55. The van der Waals surface area contributed by atoms with Crippen molar-refractivity contribution < 1.29 is 0 Å². The van der Waals surface area contributed by atoms with Crippen LogP contribution in [-0.4, -0.2) is 16.5 Å². The van der Waals surface area contributed by atoms with Gasteiger partial charge in [0.05, 0.1) is 5.52 Å². The van der Waals surface area contributed by atoms with Gasteiger partial charge in [-0.3, -0.25) is 0 Å². The summed E-state index contributed by atoms with van der Waals surface area (Å²) in [6.07, 6.45) is 2.90. The van der Waals surface area contributed by atoms with E-state index in [9.17, 15) is 0 Å². The molecule has 2 N–H and O–H groups in total. The van der Waals surface area contributed by atoms with E-state index < -0.39 is 0 Å². The molecule has 0 unspecified atom stereocenters. The summed E-state index contributed by atoms with van der Waals surface area (Å²) in [6.45, 7) is 1.95. The van der Waals surface area contributed by atoms with Crippen LogP contribution >= 0.6 is 0 Å². The Kier molecular flexibility index (Phi) is 3.01. The molecule has 0 amide bonds. The first-order valence-corrected chi connectivity index (χ1v) is 7.20. The zero-order valence-electron chi connectivity index (χ0n) is 11.6. The third kappa shape index (κ3) is 2.34. The Morgan fingerprint density at radius 3 is 3.00 bits per heavy atom. The Morgan fingerprint density at radius 2 is 2.00 bits per heavy atom. The lowest BCUT2D eigenvalue weighted by atomic mass is 9.99. The number of benzene rings is 2. The number of para-hydroxylation sites is 1. The van der Waals surface area contributed by atoms with Crippen molar-refractivity contribution in [1.29, 1.82) is 0 Å². The van der Waals surface area contributed by atoms with Crippen molar-refractivity contribution in [1.82, 2.24) is 15.3 Å². The minimum Gasteiger partial charge on any atom is -0.324 e. The van der Waals surface area contributed by atoms with Crippen LogP contribution in [0.3, 0.4) is 0 Å². The fourth-order valence-electron chi connectivity index (χ4n) is 2.80. The molecule has 0 bridgehead atoms. The van der Waals surface area contributed by atoms with Gasteiger partial charge in [-0.2, -0.15) is 0 Å². The summed E-state index contributed by atoms with van der Waals surface area (Å²) in [5, 5.41) is 7.83. The molecule has 3 aromatic rings. The number of hydrogen-bond donors (Lipinski definition) is 2. The van der Waals surface area contributed by atoms with Crippen LogP contribution in [0.4, 0.5) is 11.6 Å². The Morgan fingerprint density at radius 1 is 1.05 bits per heavy atom. The second kappa shape index (κ2) is 5.14. The fraction of sp³-hybridized carbons (Fsp3) is 0.176. The van der Waals surface area contributed by atoms with E-state index in [1.165, 1.54) is 11.1 Å². The highest BCUT2D eigenvalue weighted by molar-refractivity contribution is 5.79. The van der Waals surface area contributed by atoms with Gasteiger partial charge >= 0.3 is 0 Å². The maximum atomic E-state index is 4.58. The highest BCUT2D eigenvalue weighted by Crippen LogP contribution is 2.25. The summed E-state index contributed by atoms with van der Waals surface area (Å²) < 4.78 is 0. The van der Waals surface area contributed by atoms with E-state index in [0.717, 1.165) is 36.1 Å². The molecule has 1 aliphatic rings. The summed E-state index contributed by atoms with van der Waals surface area (Å²) >= 11 is 0. The number of nitrogens with one attached hydrogen (secondary N) is 2. The molecule has 0 atom stereocenters. The second-order valence-corrected chi connectivity index (χ2v) is 5.25. The molecule has 0 saturated carbocycles. The molecule has 104 valence electrons. The minimum atomic E-state index is 0.653. The van der Waals surface area contributed by atoms with Crippen molar-refractivity contribution >= 4 is 22.5 Å². The van der Waals surface area contributed by atoms with Gasteiger partial charge in [-0.15, -0.1) is 0 Å². The van der Waals surface area contributed by atoms with Crippen LogP contribution < -0.4 is 10.6 Å². The van der Waals surface area contributed by atoms with Gasteiger partial charge < -0.3 is 10.6 Å². The summed E-state index contributed by atoms with van der Waals surface area (Å²) in [6, 6.07) is 14.4. The number of hydrogen-bond acceptors (Lipinski definition) is 4. The Labute approximate surface area is 123 Å². The molecule has 4 nitrogen and oxygen atoms in total. The van der Waals surface area contributed by atoms with Gasteiger partial charge in [0.15, 0.2) is 0 Å². The van der Waals surface area contributed by atoms with Gasteiger partial charge in [-0.25, -0.2) is 9.97 Å². The zero-order chi connectivity index (χ0) is 14.1. The molecular formula is C17H16N4. The first kappa shape index (κ1) is 12.3. The van der Waals surface area contributed by atoms with Gasteiger partial charge in [0.2, 0.25) is 5.95 Å². The van der Waals surface area contributed by atoms with E-state index in [2.05, 4.69) is 38.8 Å². The lowest BCUT2D eigenvalue weighted by Gasteiger charge is -2.20. The Balaban J connectivity index is 1.71. The van der Waals surface area contributed by atoms with Crippen LogP contribution in [0.2, 0.25) is 0 Å². The SMILES string of the molecule is c1cc2c(c(Nc3ncc4ccccc4n3)c1)CCNC2. The summed E-state index contributed by atoms with van der Waals surface area (Å²) in [7, 11) is 0. The third-order valence-corrected chi connectivity index (χ3v) is 3.88. The van der Waals surface area contributed by atoms with Gasteiger partial charge in [-0.1, -0.05) is 30.3 Å². The van der Waals surface area contributed by atoms with E-state index in [4.69, 9.17) is 0 Å². The number of nitrogens with zero attached hydrogens (tertiary/aromatic N) is 2. The molecule has 2 aromatic carbocycles. The smallest absolute Gasteiger partial charge is 0.227 e. The van der Waals surface area contributed by atoms with E-state index in [1.54, 1.807) is 0 Å². The zero-order valence-corrected chi connectivity index (χ0v) is 11.6. The van der Waals surface area contributed by atoms with Crippen LogP contribution in [0.15, 0.2) is 48.7 Å². The molecule has 0 saturated heterocycles. The molecule has 0 fully saturated rings. The van der Waals surface area contributed by atoms with E-state index in [0.29, 0.717) is 5.95 Å². The van der Waals surface area contributed by atoms with Crippen LogP contribution in [0.25, 0.3) is 10.9 Å². The van der Waals surface area contributed by atoms with Gasteiger partial charge in [0.25, 0.3) is 0 Å². The Hall–Kier alpha value is -2.46. The van der Waals surface area contributed by atoms with Crippen LogP contribution in [0.1, 0.15) is 11.1 Å². The van der Waals surface area contributed by atoms with Crippen molar-refractivity contribution in [2.75, 3.05) is 11.9 Å². The topological polar surface area (TPSA) is 49.8 Å². The average molecular weight is 276 g/mol. The number of aromatic nitrogens is 2. The van der Waals surface area contributed by atoms with Crippen LogP contribution in [-0.2, 0) is 13.0 Å². The number of anilines is 2. The predicted octanol–water partition coefficient (Wildman–Crippen LogP) is 3.02. The number of rotatable bonds is 2. The predicted molar refractivity (Wildman–Crippen MR) is 84.7 cm³/mol. The van der Waals surface area contributed by atoms with Gasteiger partial charge in [0, 0.05) is 23.8 Å². The molecule has 0 radical (unpaired) electrons. The van der Waals surface area contributed by atoms with Crippen LogP contribution in [0.5, 0.6) is 0 Å². The van der Waals surface area contributed by atoms with Crippen molar-refractivity contribution in [2.45, 2.75) is 13.0 Å². The number of fused-ring (bicyclic) bond motifs is 2. The highest BCUT2D eigenvalue weighted by atomic mass is 15.1. The Bertz CT molecular complexity index is 798. The van der Waals surface area contributed by atoms with Crippen LogP contribution in [0, 0.1) is 0 Å². The quantitative estimate of drug-likeness (QED) is 0.755. The van der Waals surface area contributed by atoms with Crippen molar-refractivity contribution in [3.63, 3.8) is 0 Å². The standard InChI is InChI=1S/C17H16N4/c1-2-6-15-13(4-1)11-19-17(20-15)21-16-7-3-5-12-10-18-9-8-14(12)16/h1-7,11,18H,8-10H2,(H,19,20,21). The van der Waals surface area contributed by atoms with Crippen molar-refractivity contribution in [2.24, 2.45) is 0 Å². The molecule has 2 heterocycles. The summed E-state index contributed by atoms with van der Waals surface area (Å²) in [5.74, 6) is 0.653. The molecule has 1 aromatic heterocycles. The van der Waals surface area contributed by atoms with Crippen molar-refractivity contribution in [3.05, 3.63) is 59.8 Å². The van der Waals surface area contributed by atoms with Gasteiger partial charge in [0.1, 0.15) is 0 Å². The normalized spacial score (nSPS) is 13.9. The third-order valence-electron chi connectivity index (χ3n) is 3.88. The molecule has 4 heteroatoms. The van der Waals surface area contributed by atoms with E-state index in [1.807, 2.05) is 30.5 Å². The first-order chi connectivity index (χ1) is 10.4. The summed E-state index contributed by atoms with van der Waals surface area (Å²) in [4.78, 5) is 8.99. The monoisotopic (exact) mass is 276 g/mol. The maximum Gasteiger partial charge on any atom is 0.227 e. The molecule has 21 heavy (non-hydrogen) atoms. The van der Waals surface area contributed by atoms with E-state index in [-0.39, 0.29) is 0 Å². The first-order valence-electron chi connectivity index (χ1n) is 7.20. The molecule has 4 rings (SSSR count). The van der Waals surface area contributed by atoms with Gasteiger partial charge in [-0.05, 0) is 36.2 Å². The molecular weight excluding hydrogens is 260 g/mol. The second-order valence-electron chi connectivity index (χ2n) is 5.25. The summed E-state index contributed by atoms with van der Waals surface area (Å²) in [5.41, 5.74) is 4.80. The fourth-order valence-corrected chi connectivity index (χ4v) is 2.80.